The molecule has 1 aromatic heterocycles. The van der Waals surface area contributed by atoms with Crippen molar-refractivity contribution in [1.82, 2.24) is 4.98 Å². The Morgan fingerprint density at radius 1 is 0.875 bits per heavy atom. The molecule has 6 heteroatoms. The Kier molecular flexibility index (Phi) is 5.65. The van der Waals surface area contributed by atoms with Gasteiger partial charge in [0.25, 0.3) is 10.0 Å². The quantitative estimate of drug-likeness (QED) is 0.384. The lowest BCUT2D eigenvalue weighted by Crippen LogP contribution is -2.14. The molecule has 0 aliphatic heterocycles. The Morgan fingerprint density at radius 3 is 2.22 bits per heavy atom. The highest BCUT2D eigenvalue weighted by molar-refractivity contribution is 7.92. The molecule has 3 aromatic carbocycles. The zero-order valence-electron chi connectivity index (χ0n) is 18.6. The standard InChI is InChI=1S/C26H26N2O3S/c1-18-8-10-19(11-9-18)24-17-31-25(27-24)20-6-5-7-22(16-20)28-32(29,30)23-14-12-21(13-15-23)26(2,3)4/h5-17,28H,1-4H3. The van der Waals surface area contributed by atoms with E-state index in [1.54, 1.807) is 36.6 Å². The molecule has 0 saturated carbocycles. The van der Waals surface area contributed by atoms with Gasteiger partial charge in [-0.25, -0.2) is 13.4 Å². The van der Waals surface area contributed by atoms with Crippen LogP contribution in [0.5, 0.6) is 0 Å². The third kappa shape index (κ3) is 4.75. The highest BCUT2D eigenvalue weighted by Gasteiger charge is 2.18. The summed E-state index contributed by atoms with van der Waals surface area (Å²) in [6.07, 6.45) is 1.60. The third-order valence-corrected chi connectivity index (χ3v) is 6.64. The Balaban J connectivity index is 1.56. The smallest absolute Gasteiger partial charge is 0.261 e. The first-order chi connectivity index (χ1) is 15.1. The van der Waals surface area contributed by atoms with E-state index in [0.29, 0.717) is 17.1 Å². The fraction of sp³-hybridized carbons (Fsp3) is 0.192. The largest absolute Gasteiger partial charge is 0.444 e. The van der Waals surface area contributed by atoms with Gasteiger partial charge in [-0.15, -0.1) is 0 Å². The molecule has 32 heavy (non-hydrogen) atoms. The highest BCUT2D eigenvalue weighted by atomic mass is 32.2. The molecule has 0 saturated heterocycles. The van der Waals surface area contributed by atoms with Crippen LogP contribution in [0.1, 0.15) is 31.9 Å². The monoisotopic (exact) mass is 446 g/mol. The zero-order valence-corrected chi connectivity index (χ0v) is 19.4. The van der Waals surface area contributed by atoms with Crippen molar-refractivity contribution in [3.8, 4) is 22.7 Å². The highest BCUT2D eigenvalue weighted by Crippen LogP contribution is 2.28. The van der Waals surface area contributed by atoms with Crippen LogP contribution in [0.3, 0.4) is 0 Å². The number of anilines is 1. The van der Waals surface area contributed by atoms with Crippen molar-refractivity contribution in [2.75, 3.05) is 4.72 Å². The predicted molar refractivity (Wildman–Crippen MR) is 128 cm³/mol. The van der Waals surface area contributed by atoms with Crippen molar-refractivity contribution >= 4 is 15.7 Å². The number of aromatic nitrogens is 1. The van der Waals surface area contributed by atoms with Gasteiger partial charge in [0.1, 0.15) is 12.0 Å². The van der Waals surface area contributed by atoms with Crippen LogP contribution in [0.15, 0.2) is 88.4 Å². The van der Waals surface area contributed by atoms with Gasteiger partial charge in [0.2, 0.25) is 5.89 Å². The molecule has 0 amide bonds. The summed E-state index contributed by atoms with van der Waals surface area (Å²) in [5.41, 5.74) is 5.02. The SMILES string of the molecule is Cc1ccc(-c2coc(-c3cccc(NS(=O)(=O)c4ccc(C(C)(C)C)cc4)c3)n2)cc1. The van der Waals surface area contributed by atoms with E-state index in [1.165, 1.54) is 5.56 Å². The molecule has 0 bridgehead atoms. The minimum absolute atomic E-state index is 0.0441. The average Bonchev–Trinajstić information content (AvgIpc) is 3.24. The Labute approximate surface area is 189 Å². The summed E-state index contributed by atoms with van der Waals surface area (Å²) < 4.78 is 34.1. The van der Waals surface area contributed by atoms with Gasteiger partial charge in [-0.2, -0.15) is 0 Å². The third-order valence-electron chi connectivity index (χ3n) is 5.24. The molecule has 0 aliphatic rings. The van der Waals surface area contributed by atoms with E-state index in [-0.39, 0.29) is 10.3 Å². The molecule has 0 radical (unpaired) electrons. The van der Waals surface area contributed by atoms with Gasteiger partial charge in [0.05, 0.1) is 4.90 Å². The van der Waals surface area contributed by atoms with E-state index in [2.05, 4.69) is 30.5 Å². The molecule has 1 N–H and O–H groups in total. The molecule has 4 rings (SSSR count). The van der Waals surface area contributed by atoms with Gasteiger partial charge in [-0.1, -0.05) is 68.8 Å². The number of aryl methyl sites for hydroxylation is 1. The maximum atomic E-state index is 12.9. The average molecular weight is 447 g/mol. The molecule has 0 spiro atoms. The number of rotatable bonds is 5. The number of nitrogens with zero attached hydrogens (tertiary/aromatic N) is 1. The molecular formula is C26H26N2O3S. The number of nitrogens with one attached hydrogen (secondary N) is 1. The predicted octanol–water partition coefficient (Wildman–Crippen LogP) is 6.42. The zero-order chi connectivity index (χ0) is 22.9. The molecule has 0 aliphatic carbocycles. The van der Waals surface area contributed by atoms with Crippen molar-refractivity contribution in [3.63, 3.8) is 0 Å². The summed E-state index contributed by atoms with van der Waals surface area (Å²) in [6, 6.07) is 22.0. The Hall–Kier alpha value is -3.38. The molecule has 164 valence electrons. The number of hydrogen-bond donors (Lipinski definition) is 1. The Bertz CT molecular complexity index is 1330. The summed E-state index contributed by atoms with van der Waals surface area (Å²) in [7, 11) is -3.72. The van der Waals surface area contributed by atoms with E-state index in [0.717, 1.165) is 16.8 Å². The van der Waals surface area contributed by atoms with Gasteiger partial charge in [-0.3, -0.25) is 4.72 Å². The van der Waals surface area contributed by atoms with Crippen LogP contribution < -0.4 is 4.72 Å². The van der Waals surface area contributed by atoms with Gasteiger partial charge < -0.3 is 4.42 Å². The lowest BCUT2D eigenvalue weighted by Gasteiger charge is -2.19. The van der Waals surface area contributed by atoms with E-state index in [1.807, 2.05) is 49.4 Å². The number of sulfonamides is 1. The minimum Gasteiger partial charge on any atom is -0.444 e. The second kappa shape index (κ2) is 8.28. The van der Waals surface area contributed by atoms with Crippen LogP contribution in [-0.2, 0) is 15.4 Å². The van der Waals surface area contributed by atoms with Crippen LogP contribution in [0.2, 0.25) is 0 Å². The van der Waals surface area contributed by atoms with Crippen molar-refractivity contribution in [3.05, 3.63) is 90.2 Å². The van der Waals surface area contributed by atoms with Crippen LogP contribution in [0.4, 0.5) is 5.69 Å². The first-order valence-electron chi connectivity index (χ1n) is 10.4. The van der Waals surface area contributed by atoms with Gasteiger partial charge >= 0.3 is 0 Å². The van der Waals surface area contributed by atoms with Crippen molar-refractivity contribution in [1.29, 1.82) is 0 Å². The lowest BCUT2D eigenvalue weighted by molar-refractivity contribution is 0.575. The molecule has 1 heterocycles. The summed E-state index contributed by atoms with van der Waals surface area (Å²) in [6.45, 7) is 8.30. The molecule has 4 aromatic rings. The van der Waals surface area contributed by atoms with Gasteiger partial charge in [-0.05, 0) is 48.2 Å². The van der Waals surface area contributed by atoms with Gasteiger partial charge in [0.15, 0.2) is 0 Å². The van der Waals surface area contributed by atoms with Gasteiger partial charge in [0, 0.05) is 16.8 Å². The molecule has 5 nitrogen and oxygen atoms in total. The topological polar surface area (TPSA) is 72.2 Å². The fourth-order valence-corrected chi connectivity index (χ4v) is 4.38. The van der Waals surface area contributed by atoms with E-state index in [4.69, 9.17) is 4.42 Å². The van der Waals surface area contributed by atoms with E-state index >= 15 is 0 Å². The maximum absolute atomic E-state index is 12.9. The summed E-state index contributed by atoms with van der Waals surface area (Å²) in [4.78, 5) is 4.78. The minimum atomic E-state index is -3.72. The fourth-order valence-electron chi connectivity index (χ4n) is 3.33. The lowest BCUT2D eigenvalue weighted by atomic mass is 9.87. The number of hydrogen-bond acceptors (Lipinski definition) is 4. The summed E-state index contributed by atoms with van der Waals surface area (Å²) in [5.74, 6) is 0.427. The maximum Gasteiger partial charge on any atom is 0.261 e. The molecular weight excluding hydrogens is 420 g/mol. The number of benzene rings is 3. The van der Waals surface area contributed by atoms with Crippen LogP contribution in [0, 0.1) is 6.92 Å². The van der Waals surface area contributed by atoms with E-state index < -0.39 is 10.0 Å². The molecule has 0 atom stereocenters. The normalized spacial score (nSPS) is 12.0. The summed E-state index contributed by atoms with van der Waals surface area (Å²) >= 11 is 0. The van der Waals surface area contributed by atoms with Crippen molar-refractivity contribution < 1.29 is 12.8 Å². The van der Waals surface area contributed by atoms with Crippen LogP contribution >= 0.6 is 0 Å². The van der Waals surface area contributed by atoms with Crippen molar-refractivity contribution in [2.24, 2.45) is 0 Å². The number of oxazole rings is 1. The first kappa shape index (κ1) is 21.8. The second-order valence-corrected chi connectivity index (χ2v) is 10.5. The first-order valence-corrected chi connectivity index (χ1v) is 11.9. The molecule has 0 unspecified atom stereocenters. The van der Waals surface area contributed by atoms with Crippen LogP contribution in [0.25, 0.3) is 22.7 Å². The van der Waals surface area contributed by atoms with Crippen molar-refractivity contribution in [2.45, 2.75) is 38.0 Å². The second-order valence-electron chi connectivity index (χ2n) is 8.86. The Morgan fingerprint density at radius 2 is 1.56 bits per heavy atom. The molecule has 0 fully saturated rings. The van der Waals surface area contributed by atoms with E-state index in [9.17, 15) is 8.42 Å². The van der Waals surface area contributed by atoms with Crippen LogP contribution in [-0.4, -0.2) is 13.4 Å². The summed E-state index contributed by atoms with van der Waals surface area (Å²) in [5, 5.41) is 0.